The fourth-order valence-corrected chi connectivity index (χ4v) is 10.8. The highest BCUT2D eigenvalue weighted by atomic mass is 32.2. The normalized spacial score (nSPS) is 25.5. The van der Waals surface area contributed by atoms with Gasteiger partial charge in [-0.2, -0.15) is 26.3 Å². The number of ether oxygens (including phenoxy) is 11. The van der Waals surface area contributed by atoms with Crippen LogP contribution in [0.3, 0.4) is 0 Å². The van der Waals surface area contributed by atoms with Crippen molar-refractivity contribution >= 4 is 75.8 Å². The summed E-state index contributed by atoms with van der Waals surface area (Å²) < 4.78 is 140. The van der Waals surface area contributed by atoms with Crippen molar-refractivity contribution in [1.29, 1.82) is 0 Å². The molecular formula is C52H66F6N6O24S. The summed E-state index contributed by atoms with van der Waals surface area (Å²) in [5.74, 6) is -8.24. The minimum atomic E-state index is -5.25. The zero-order valence-corrected chi connectivity index (χ0v) is 48.2. The van der Waals surface area contributed by atoms with Gasteiger partial charge in [0.1, 0.15) is 99.8 Å². The average molecular weight is 1310 g/mol. The summed E-state index contributed by atoms with van der Waals surface area (Å²) in [6.45, 7) is -4.04. The fraction of sp³-hybridized carbons (Fsp3) is 0.673. The van der Waals surface area contributed by atoms with Crippen LogP contribution in [0.15, 0.2) is 24.4 Å². The average Bonchev–Trinajstić information content (AvgIpc) is 1.45. The number of amides is 6. The van der Waals surface area contributed by atoms with E-state index in [-0.39, 0.29) is 114 Å². The van der Waals surface area contributed by atoms with Crippen LogP contribution in [-0.4, -0.2) is 296 Å². The number of alkyl halides is 6. The number of esters is 2. The molecule has 30 nitrogen and oxygen atoms in total. The van der Waals surface area contributed by atoms with Gasteiger partial charge in [0, 0.05) is 49.7 Å². The Morgan fingerprint density at radius 2 is 1.18 bits per heavy atom. The summed E-state index contributed by atoms with van der Waals surface area (Å²) in [5.41, 5.74) is 0.335. The van der Waals surface area contributed by atoms with E-state index < -0.39 is 172 Å². The molecule has 496 valence electrons. The van der Waals surface area contributed by atoms with E-state index >= 15 is 0 Å². The molecule has 1 aromatic carbocycles. The number of nitrogens with one attached hydrogen (secondary N) is 2. The van der Waals surface area contributed by atoms with Crippen molar-refractivity contribution in [3.8, 4) is 5.75 Å². The van der Waals surface area contributed by atoms with Crippen LogP contribution >= 0.6 is 11.8 Å². The van der Waals surface area contributed by atoms with Crippen LogP contribution < -0.4 is 15.4 Å². The zero-order chi connectivity index (χ0) is 64.7. The van der Waals surface area contributed by atoms with E-state index in [0.29, 0.717) is 15.3 Å². The van der Waals surface area contributed by atoms with Crippen LogP contribution in [0.1, 0.15) is 23.7 Å². The van der Waals surface area contributed by atoms with Gasteiger partial charge in [0.15, 0.2) is 12.6 Å². The zero-order valence-electron chi connectivity index (χ0n) is 47.4. The van der Waals surface area contributed by atoms with E-state index in [1.165, 1.54) is 29.8 Å². The molecule has 6 amide bonds. The number of carbonyl (C=O) groups is 9. The highest BCUT2D eigenvalue weighted by molar-refractivity contribution is 8.01. The number of halogens is 6. The van der Waals surface area contributed by atoms with Gasteiger partial charge in [-0.15, -0.1) is 11.8 Å². The third-order valence-electron chi connectivity index (χ3n) is 14.1. The lowest BCUT2D eigenvalue weighted by Gasteiger charge is -2.49. The fourth-order valence-electron chi connectivity index (χ4n) is 9.86. The SMILES string of the molecule is CC(=O)CSC1CC(=O)N(CCOc2ccc3c(c2)c(C(=O)OCCOCCOCC(=O)NCC2O[C@H]4OCCN(C(=O)C(F)(F)F)[C@H]4[C@@H](O)[C@H]2O)cn3CC(=O)OCCOCCOCC(=O)NCC2O[C@H]3OCCN(C(=O)C(F)(F)F)[C@H]3[C@@H](O)[C@H]2O)C1=O. The van der Waals surface area contributed by atoms with Gasteiger partial charge in [0.2, 0.25) is 23.6 Å². The van der Waals surface area contributed by atoms with Crippen LogP contribution in [0.5, 0.6) is 5.75 Å². The summed E-state index contributed by atoms with van der Waals surface area (Å²) >= 11 is 1.08. The number of aliphatic hydroxyl groups excluding tert-OH is 4. The lowest BCUT2D eigenvalue weighted by atomic mass is 9.94. The van der Waals surface area contributed by atoms with Gasteiger partial charge in [-0.3, -0.25) is 43.3 Å². The van der Waals surface area contributed by atoms with E-state index in [0.717, 1.165) is 16.7 Å². The van der Waals surface area contributed by atoms with Crippen molar-refractivity contribution in [2.45, 2.75) is 98.8 Å². The molecule has 6 heterocycles. The van der Waals surface area contributed by atoms with E-state index in [1.807, 2.05) is 0 Å². The Labute approximate surface area is 505 Å². The summed E-state index contributed by atoms with van der Waals surface area (Å²) in [6.07, 6.45) is -22.4. The van der Waals surface area contributed by atoms with E-state index in [2.05, 4.69) is 10.6 Å². The lowest BCUT2D eigenvalue weighted by Crippen LogP contribution is -2.70. The standard InChI is InChI=1S/C52H66F6N6O24S/c1-27(65)26-89-34-19-37(68)62(45(34)74)4-7-82-28-2-3-31-29(18-28)30(46(75)84-17-15-79-11-13-81-25-36(67)60-21-33-42(71)44(73)40-48(88-33)86-9-6-64(40)50(77)52(56,57)58)22-61(31)23-38(69)83-16-14-78-10-12-80-24-35(66)59-20-32-41(70)43(72)39-47(87-32)85-8-5-63(39)49(76)51(53,54)55/h2-3,18,22,32-34,39-44,47-48,70-73H,4-17,19-21,23-26H2,1H3,(H,59,66)(H,60,67)/t32?,33?,34?,39-,40-,41-,42-,43+,44+,47+,48+/m0/s1. The number of fused-ring (bicyclic) bond motifs is 3. The number of carbonyl (C=O) groups excluding carboxylic acids is 9. The Balaban J connectivity index is 0.818. The first kappa shape index (κ1) is 70.1. The molecule has 5 aliphatic rings. The topological polar surface area (TPSA) is 375 Å². The number of ketones is 1. The van der Waals surface area contributed by atoms with Crippen LogP contribution in [0.4, 0.5) is 26.3 Å². The third-order valence-corrected chi connectivity index (χ3v) is 15.4. The Hall–Kier alpha value is -6.36. The first-order chi connectivity index (χ1) is 42.2. The number of thioether (sulfide) groups is 1. The number of aliphatic hydroxyl groups is 4. The minimum Gasteiger partial charge on any atom is -0.492 e. The van der Waals surface area contributed by atoms with Crippen molar-refractivity contribution < 1.29 is 142 Å². The summed E-state index contributed by atoms with van der Waals surface area (Å²) in [6, 6.07) is 1.23. The second kappa shape index (κ2) is 32.1. The van der Waals surface area contributed by atoms with Crippen molar-refractivity contribution in [3.63, 3.8) is 0 Å². The predicted molar refractivity (Wildman–Crippen MR) is 283 cm³/mol. The molecule has 0 saturated carbocycles. The van der Waals surface area contributed by atoms with Crippen molar-refractivity contribution in [2.24, 2.45) is 0 Å². The van der Waals surface area contributed by atoms with Gasteiger partial charge in [-0.05, 0) is 25.1 Å². The number of hydrogen-bond acceptors (Lipinski definition) is 25. The molecule has 11 atom stereocenters. The largest absolute Gasteiger partial charge is 0.492 e. The number of imide groups is 1. The number of morpholine rings is 2. The van der Waals surface area contributed by atoms with Gasteiger partial charge < -0.3 is 97.5 Å². The number of likely N-dealkylation sites (tertiary alicyclic amines) is 1. The molecule has 5 fully saturated rings. The molecular weight excluding hydrogens is 1240 g/mol. The highest BCUT2D eigenvalue weighted by Gasteiger charge is 2.57. The van der Waals surface area contributed by atoms with E-state index in [4.69, 9.17) is 52.1 Å². The molecule has 89 heavy (non-hydrogen) atoms. The second-order valence-corrected chi connectivity index (χ2v) is 21.5. The number of nitrogens with zero attached hydrogens (tertiary/aromatic N) is 4. The molecule has 6 N–H and O–H groups in total. The van der Waals surface area contributed by atoms with E-state index in [9.17, 15) is 89.9 Å². The van der Waals surface area contributed by atoms with Crippen molar-refractivity contribution in [1.82, 2.24) is 29.9 Å². The molecule has 0 bridgehead atoms. The summed E-state index contributed by atoms with van der Waals surface area (Å²) in [5, 5.41) is 46.7. The highest BCUT2D eigenvalue weighted by Crippen LogP contribution is 2.34. The maximum absolute atomic E-state index is 13.6. The van der Waals surface area contributed by atoms with Gasteiger partial charge in [0.25, 0.3) is 0 Å². The monoisotopic (exact) mass is 1300 g/mol. The number of aromatic nitrogens is 1. The number of benzene rings is 1. The first-order valence-corrected chi connectivity index (χ1v) is 28.7. The lowest BCUT2D eigenvalue weighted by molar-refractivity contribution is -0.300. The van der Waals surface area contributed by atoms with Gasteiger partial charge in [-0.1, -0.05) is 0 Å². The third kappa shape index (κ3) is 18.9. The van der Waals surface area contributed by atoms with Crippen molar-refractivity contribution in [3.05, 3.63) is 30.0 Å². The molecule has 3 unspecified atom stereocenters. The molecule has 0 aliphatic carbocycles. The first-order valence-electron chi connectivity index (χ1n) is 27.6. The van der Waals surface area contributed by atoms with Gasteiger partial charge in [-0.25, -0.2) is 4.79 Å². The summed E-state index contributed by atoms with van der Waals surface area (Å²) in [7, 11) is 0. The van der Waals surface area contributed by atoms with Crippen LogP contribution in [0.2, 0.25) is 0 Å². The Bertz CT molecular complexity index is 2830. The van der Waals surface area contributed by atoms with Crippen molar-refractivity contribution in [2.75, 3.05) is 124 Å². The maximum atomic E-state index is 13.6. The molecule has 0 radical (unpaired) electrons. The molecule has 7 rings (SSSR count). The Morgan fingerprint density at radius 1 is 0.674 bits per heavy atom. The number of Topliss-reactive ketones (excluding diaryl/α,β-unsaturated/α-hetero) is 1. The second-order valence-electron chi connectivity index (χ2n) is 20.3. The Kier molecular flexibility index (Phi) is 25.3. The predicted octanol–water partition coefficient (Wildman–Crippen LogP) is -3.06. The van der Waals surface area contributed by atoms with Gasteiger partial charge >= 0.3 is 36.1 Å². The number of rotatable bonds is 30. The van der Waals surface area contributed by atoms with Crippen LogP contribution in [0.25, 0.3) is 10.9 Å². The molecule has 1 aromatic heterocycles. The molecule has 5 saturated heterocycles. The quantitative estimate of drug-likeness (QED) is 0.0196. The minimum absolute atomic E-state index is 0.0193. The molecule has 0 spiro atoms. The molecule has 37 heteroatoms. The smallest absolute Gasteiger partial charge is 0.471 e. The van der Waals surface area contributed by atoms with Gasteiger partial charge in [0.05, 0.1) is 76.0 Å². The maximum Gasteiger partial charge on any atom is 0.471 e. The Morgan fingerprint density at radius 3 is 1.70 bits per heavy atom. The molecule has 5 aliphatic heterocycles. The van der Waals surface area contributed by atoms with E-state index in [1.54, 1.807) is 6.07 Å². The van der Waals surface area contributed by atoms with Crippen LogP contribution in [-0.2, 0) is 92.3 Å². The van der Waals surface area contributed by atoms with Crippen LogP contribution in [0, 0.1) is 0 Å². The molecule has 2 aromatic rings. The number of hydrogen-bond donors (Lipinski definition) is 6. The summed E-state index contributed by atoms with van der Waals surface area (Å²) in [4.78, 5) is 114.